The lowest BCUT2D eigenvalue weighted by atomic mass is 9.93. The van der Waals surface area contributed by atoms with Crippen molar-refractivity contribution in [2.45, 2.75) is 70.0 Å². The summed E-state index contributed by atoms with van der Waals surface area (Å²) < 4.78 is 0. The summed E-state index contributed by atoms with van der Waals surface area (Å²) in [6, 6.07) is 12.7. The van der Waals surface area contributed by atoms with Gasteiger partial charge >= 0.3 is 0 Å². The first-order valence-corrected chi connectivity index (χ1v) is 14.6. The first-order valence-electron chi connectivity index (χ1n) is 13.8. The van der Waals surface area contributed by atoms with Gasteiger partial charge in [0.2, 0.25) is 5.91 Å². The summed E-state index contributed by atoms with van der Waals surface area (Å²) in [6.07, 6.45) is 7.45. The number of amides is 2. The molecule has 2 aromatic rings. The molecule has 6 rings (SSSR count). The average molecular weight is 541 g/mol. The van der Waals surface area contributed by atoms with Crippen molar-refractivity contribution in [3.05, 3.63) is 57.6 Å². The SMILES string of the molecule is C[C@H]1[C@H]2CN[C@@H]1CN2C(=O)c1ccc(-c2cc(Cl)c(CC3CCN(C4CCCCC4)C3=O)c(Cl)c2)cc1. The second kappa shape index (κ2) is 10.2. The standard InChI is InChI=1S/C30H35Cl2N3O2/c1-18-27-17-35(28(18)16-33-27)29(36)20-9-7-19(8-10-20)22-14-25(31)24(26(32)15-22)13-21-11-12-34(30(21)37)23-5-3-2-4-6-23/h7-10,14-15,18,21,23,27-28,33H,2-6,11-13,16-17H2,1H3/t18-,21?,27-,28-/m1/s1. The van der Waals surface area contributed by atoms with Gasteiger partial charge in [-0.2, -0.15) is 0 Å². The summed E-state index contributed by atoms with van der Waals surface area (Å²) in [4.78, 5) is 30.4. The minimum absolute atomic E-state index is 0.0492. The summed E-state index contributed by atoms with van der Waals surface area (Å²) in [5, 5.41) is 4.69. The van der Waals surface area contributed by atoms with Crippen LogP contribution in [-0.4, -0.2) is 59.4 Å². The zero-order valence-electron chi connectivity index (χ0n) is 21.4. The normalized spacial score (nSPS) is 27.9. The Balaban J connectivity index is 1.14. The van der Waals surface area contributed by atoms with Crippen LogP contribution < -0.4 is 5.32 Å². The molecule has 5 nitrogen and oxygen atoms in total. The van der Waals surface area contributed by atoms with Crippen LogP contribution in [0.1, 0.15) is 61.4 Å². The van der Waals surface area contributed by atoms with Crippen LogP contribution in [0.3, 0.4) is 0 Å². The lowest BCUT2D eigenvalue weighted by Crippen LogP contribution is -2.46. The Labute approximate surface area is 229 Å². The first kappa shape index (κ1) is 25.2. The fourth-order valence-electron chi connectivity index (χ4n) is 7.01. The monoisotopic (exact) mass is 539 g/mol. The van der Waals surface area contributed by atoms with Gasteiger partial charge in [-0.3, -0.25) is 9.59 Å². The number of fused-ring (bicyclic) bond motifs is 2. The molecule has 3 aliphatic heterocycles. The predicted octanol–water partition coefficient (Wildman–Crippen LogP) is 5.82. The van der Waals surface area contributed by atoms with Crippen LogP contribution >= 0.6 is 23.2 Å². The van der Waals surface area contributed by atoms with Gasteiger partial charge in [-0.05, 0) is 72.6 Å². The maximum atomic E-state index is 13.2. The van der Waals surface area contributed by atoms with E-state index in [0.29, 0.717) is 40.0 Å². The Kier molecular flexibility index (Phi) is 6.98. The second-order valence-electron chi connectivity index (χ2n) is 11.4. The van der Waals surface area contributed by atoms with Gasteiger partial charge in [0, 0.05) is 59.3 Å². The van der Waals surface area contributed by atoms with Crippen molar-refractivity contribution in [3.63, 3.8) is 0 Å². The summed E-state index contributed by atoms with van der Waals surface area (Å²) in [7, 11) is 0. The van der Waals surface area contributed by atoms with Gasteiger partial charge in [-0.25, -0.2) is 0 Å². The fourth-order valence-corrected chi connectivity index (χ4v) is 7.65. The van der Waals surface area contributed by atoms with Gasteiger partial charge < -0.3 is 15.1 Å². The summed E-state index contributed by atoms with van der Waals surface area (Å²) >= 11 is 13.5. The predicted molar refractivity (Wildman–Crippen MR) is 148 cm³/mol. The number of rotatable bonds is 5. The van der Waals surface area contributed by atoms with Gasteiger partial charge in [0.1, 0.15) is 0 Å². The van der Waals surface area contributed by atoms with E-state index < -0.39 is 0 Å². The third-order valence-corrected chi connectivity index (χ3v) is 9.98. The maximum Gasteiger partial charge on any atom is 0.254 e. The van der Waals surface area contributed by atoms with Crippen molar-refractivity contribution in [3.8, 4) is 11.1 Å². The molecule has 1 aliphatic carbocycles. The molecule has 4 atom stereocenters. The van der Waals surface area contributed by atoms with Gasteiger partial charge in [-0.15, -0.1) is 0 Å². The van der Waals surface area contributed by atoms with Gasteiger partial charge in [-0.1, -0.05) is 61.5 Å². The van der Waals surface area contributed by atoms with Crippen LogP contribution in [0.25, 0.3) is 11.1 Å². The number of hydrogen-bond acceptors (Lipinski definition) is 3. The van der Waals surface area contributed by atoms with E-state index in [1.165, 1.54) is 19.3 Å². The quantitative estimate of drug-likeness (QED) is 0.521. The molecule has 1 N–H and O–H groups in total. The lowest BCUT2D eigenvalue weighted by molar-refractivity contribution is -0.133. The molecule has 0 aromatic heterocycles. The molecular formula is C30H35Cl2N3O2. The van der Waals surface area contributed by atoms with Crippen molar-refractivity contribution >= 4 is 35.0 Å². The highest BCUT2D eigenvalue weighted by atomic mass is 35.5. The van der Waals surface area contributed by atoms with Crippen LogP contribution in [0.2, 0.25) is 10.0 Å². The van der Waals surface area contributed by atoms with Crippen LogP contribution in [0.5, 0.6) is 0 Å². The van der Waals surface area contributed by atoms with E-state index in [1.54, 1.807) is 0 Å². The molecule has 7 heteroatoms. The highest BCUT2D eigenvalue weighted by Crippen LogP contribution is 2.37. The zero-order chi connectivity index (χ0) is 25.7. The number of likely N-dealkylation sites (tertiary alicyclic amines) is 2. The third-order valence-electron chi connectivity index (χ3n) is 9.31. The second-order valence-corrected chi connectivity index (χ2v) is 12.2. The number of benzene rings is 2. The van der Waals surface area contributed by atoms with Crippen LogP contribution in [0.15, 0.2) is 36.4 Å². The molecule has 4 fully saturated rings. The van der Waals surface area contributed by atoms with Crippen molar-refractivity contribution < 1.29 is 9.59 Å². The number of halogens is 2. The molecule has 196 valence electrons. The van der Waals surface area contributed by atoms with Gasteiger partial charge in [0.05, 0.1) is 0 Å². The largest absolute Gasteiger partial charge is 0.339 e. The minimum atomic E-state index is -0.0492. The van der Waals surface area contributed by atoms with E-state index >= 15 is 0 Å². The number of piperazine rings is 1. The highest BCUT2D eigenvalue weighted by Gasteiger charge is 2.46. The topological polar surface area (TPSA) is 52.7 Å². The average Bonchev–Trinajstić information content (AvgIpc) is 3.57. The van der Waals surface area contributed by atoms with Gasteiger partial charge in [0.25, 0.3) is 5.91 Å². The van der Waals surface area contributed by atoms with Crippen molar-refractivity contribution in [1.82, 2.24) is 15.1 Å². The van der Waals surface area contributed by atoms with E-state index in [0.717, 1.165) is 55.6 Å². The molecule has 1 unspecified atom stereocenters. The molecule has 4 aliphatic rings. The van der Waals surface area contributed by atoms with E-state index in [2.05, 4.69) is 17.1 Å². The Hall–Kier alpha value is -2.08. The van der Waals surface area contributed by atoms with Crippen LogP contribution in [0.4, 0.5) is 0 Å². The Bertz CT molecular complexity index is 1170. The number of nitrogens with one attached hydrogen (secondary N) is 1. The van der Waals surface area contributed by atoms with Crippen molar-refractivity contribution in [2.24, 2.45) is 11.8 Å². The van der Waals surface area contributed by atoms with Gasteiger partial charge in [0.15, 0.2) is 0 Å². The summed E-state index contributed by atoms with van der Waals surface area (Å²) in [5.74, 6) is 0.815. The van der Waals surface area contributed by atoms with Crippen LogP contribution in [-0.2, 0) is 11.2 Å². The molecule has 3 saturated heterocycles. The van der Waals surface area contributed by atoms with E-state index in [1.807, 2.05) is 41.3 Å². The lowest BCUT2D eigenvalue weighted by Gasteiger charge is -2.31. The molecule has 0 spiro atoms. The molecule has 3 heterocycles. The smallest absolute Gasteiger partial charge is 0.254 e. The molecule has 1 saturated carbocycles. The number of nitrogens with zero attached hydrogens (tertiary/aromatic N) is 2. The Morgan fingerprint density at radius 3 is 2.32 bits per heavy atom. The van der Waals surface area contributed by atoms with E-state index in [-0.39, 0.29) is 23.8 Å². The summed E-state index contributed by atoms with van der Waals surface area (Å²) in [5.41, 5.74) is 3.44. The molecule has 0 radical (unpaired) electrons. The third kappa shape index (κ3) is 4.68. The number of hydrogen-bond donors (Lipinski definition) is 1. The van der Waals surface area contributed by atoms with Crippen LogP contribution in [0, 0.1) is 11.8 Å². The molecule has 2 amide bonds. The van der Waals surface area contributed by atoms with E-state index in [9.17, 15) is 9.59 Å². The van der Waals surface area contributed by atoms with E-state index in [4.69, 9.17) is 23.2 Å². The number of carbonyl (C=O) groups excluding carboxylic acids is 2. The fraction of sp³-hybridized carbons (Fsp3) is 0.533. The summed E-state index contributed by atoms with van der Waals surface area (Å²) in [6.45, 7) is 4.73. The van der Waals surface area contributed by atoms with Crippen molar-refractivity contribution in [1.29, 1.82) is 0 Å². The molecule has 2 aromatic carbocycles. The molecular weight excluding hydrogens is 505 g/mol. The Morgan fingerprint density at radius 2 is 1.70 bits per heavy atom. The first-order chi connectivity index (χ1) is 17.9. The maximum absolute atomic E-state index is 13.2. The molecule has 37 heavy (non-hydrogen) atoms. The Morgan fingerprint density at radius 1 is 1.00 bits per heavy atom. The zero-order valence-corrected chi connectivity index (χ0v) is 22.9. The number of carbonyl (C=O) groups is 2. The van der Waals surface area contributed by atoms with Crippen molar-refractivity contribution in [2.75, 3.05) is 19.6 Å². The minimum Gasteiger partial charge on any atom is -0.339 e. The highest BCUT2D eigenvalue weighted by molar-refractivity contribution is 6.36. The molecule has 2 bridgehead atoms.